The molecule has 0 spiro atoms. The first kappa shape index (κ1) is 19.5. The molecule has 1 saturated heterocycles. The lowest BCUT2D eigenvalue weighted by molar-refractivity contribution is -0.132. The topological polar surface area (TPSA) is 66.8 Å². The third-order valence-electron chi connectivity index (χ3n) is 5.22. The van der Waals surface area contributed by atoms with E-state index in [-0.39, 0.29) is 11.3 Å². The summed E-state index contributed by atoms with van der Waals surface area (Å²) in [5.74, 6) is -1.07. The Morgan fingerprint density at radius 1 is 0.933 bits per heavy atom. The Morgan fingerprint density at radius 3 is 2.30 bits per heavy atom. The van der Waals surface area contributed by atoms with Crippen LogP contribution in [0.5, 0.6) is 5.75 Å². The fraction of sp³-hybridized carbons (Fsp3) is 0.120. The Morgan fingerprint density at radius 2 is 1.63 bits per heavy atom. The van der Waals surface area contributed by atoms with Gasteiger partial charge in [0.15, 0.2) is 0 Å². The normalized spacial score (nSPS) is 17.9. The summed E-state index contributed by atoms with van der Waals surface area (Å²) in [6, 6.07) is 22.7. The molecule has 1 unspecified atom stereocenters. The lowest BCUT2D eigenvalue weighted by atomic mass is 9.95. The first-order valence-electron chi connectivity index (χ1n) is 9.58. The van der Waals surface area contributed by atoms with Crippen LogP contribution < -0.4 is 9.64 Å². The Kier molecular flexibility index (Phi) is 5.11. The van der Waals surface area contributed by atoms with Crippen molar-refractivity contribution in [2.45, 2.75) is 13.0 Å². The van der Waals surface area contributed by atoms with Gasteiger partial charge in [-0.15, -0.1) is 0 Å². The van der Waals surface area contributed by atoms with Crippen LogP contribution in [-0.2, 0) is 9.59 Å². The number of benzene rings is 3. The van der Waals surface area contributed by atoms with Gasteiger partial charge in [0.05, 0.1) is 18.7 Å². The molecular weight excluding hydrogens is 378 g/mol. The average molecular weight is 399 g/mol. The standard InChI is InChI=1S/C25H21NO4/c1-16-11-13-19(14-12-16)26-22(17-7-4-3-5-8-17)21(24(28)25(26)29)23(27)18-9-6-10-20(15-18)30-2/h3-15,22,27H,1-2H3/b23-21-. The Balaban J connectivity index is 1.93. The molecule has 1 aliphatic rings. The lowest BCUT2D eigenvalue weighted by Gasteiger charge is -2.25. The van der Waals surface area contributed by atoms with Crippen LogP contribution in [0.2, 0.25) is 0 Å². The molecule has 3 aromatic rings. The predicted octanol–water partition coefficient (Wildman–Crippen LogP) is 4.63. The summed E-state index contributed by atoms with van der Waals surface area (Å²) in [5, 5.41) is 11.1. The summed E-state index contributed by atoms with van der Waals surface area (Å²) < 4.78 is 5.23. The fourth-order valence-corrected chi connectivity index (χ4v) is 3.68. The SMILES string of the molecule is COc1cccc(/C(O)=C2/C(=O)C(=O)N(c3ccc(C)cc3)C2c2ccccc2)c1. The van der Waals surface area contributed by atoms with Gasteiger partial charge in [-0.2, -0.15) is 0 Å². The van der Waals surface area contributed by atoms with Crippen LogP contribution in [0.25, 0.3) is 5.76 Å². The van der Waals surface area contributed by atoms with Crippen LogP contribution in [0.4, 0.5) is 5.69 Å². The maximum absolute atomic E-state index is 13.1. The van der Waals surface area contributed by atoms with E-state index in [0.717, 1.165) is 11.1 Å². The molecule has 3 aromatic carbocycles. The molecule has 1 aliphatic heterocycles. The quantitative estimate of drug-likeness (QED) is 0.395. The Hall–Kier alpha value is -3.86. The number of aryl methyl sites for hydroxylation is 1. The second-order valence-corrected chi connectivity index (χ2v) is 7.15. The van der Waals surface area contributed by atoms with Gasteiger partial charge in [-0.05, 0) is 36.8 Å². The maximum atomic E-state index is 13.1. The van der Waals surface area contributed by atoms with E-state index in [1.165, 1.54) is 12.0 Å². The van der Waals surface area contributed by atoms with E-state index in [1.807, 2.05) is 61.5 Å². The molecule has 1 heterocycles. The number of aliphatic hydroxyl groups is 1. The third kappa shape index (κ3) is 3.35. The highest BCUT2D eigenvalue weighted by Gasteiger charge is 2.46. The number of hydrogen-bond donors (Lipinski definition) is 1. The van der Waals surface area contributed by atoms with Crippen LogP contribution in [0.1, 0.15) is 22.7 Å². The van der Waals surface area contributed by atoms with Crippen LogP contribution >= 0.6 is 0 Å². The highest BCUT2D eigenvalue weighted by molar-refractivity contribution is 6.51. The number of anilines is 1. The Labute approximate surface area is 174 Å². The average Bonchev–Trinajstić information content (AvgIpc) is 3.05. The van der Waals surface area contributed by atoms with Crippen molar-refractivity contribution in [1.82, 2.24) is 0 Å². The van der Waals surface area contributed by atoms with Crippen molar-refractivity contribution in [2.24, 2.45) is 0 Å². The summed E-state index contributed by atoms with van der Waals surface area (Å²) in [4.78, 5) is 27.6. The van der Waals surface area contributed by atoms with Crippen LogP contribution in [0, 0.1) is 6.92 Å². The Bertz CT molecular complexity index is 1130. The number of aliphatic hydroxyl groups excluding tert-OH is 1. The van der Waals surface area contributed by atoms with E-state index in [0.29, 0.717) is 17.0 Å². The summed E-state index contributed by atoms with van der Waals surface area (Å²) in [6.45, 7) is 1.95. The van der Waals surface area contributed by atoms with Gasteiger partial charge >= 0.3 is 0 Å². The van der Waals surface area contributed by atoms with Crippen molar-refractivity contribution >= 4 is 23.1 Å². The van der Waals surface area contributed by atoms with Gasteiger partial charge in [-0.1, -0.05) is 60.2 Å². The maximum Gasteiger partial charge on any atom is 0.300 e. The minimum Gasteiger partial charge on any atom is -0.507 e. The van der Waals surface area contributed by atoms with Crippen LogP contribution in [0.15, 0.2) is 84.4 Å². The molecule has 1 N–H and O–H groups in total. The monoisotopic (exact) mass is 399 g/mol. The van der Waals surface area contributed by atoms with E-state index >= 15 is 0 Å². The molecule has 4 rings (SSSR count). The van der Waals surface area contributed by atoms with Crippen LogP contribution in [-0.4, -0.2) is 23.9 Å². The molecule has 0 bridgehead atoms. The number of methoxy groups -OCH3 is 1. The molecule has 1 amide bonds. The first-order valence-corrected chi connectivity index (χ1v) is 9.58. The highest BCUT2D eigenvalue weighted by Crippen LogP contribution is 2.42. The van der Waals surface area contributed by atoms with Gasteiger partial charge in [0.1, 0.15) is 11.5 Å². The fourth-order valence-electron chi connectivity index (χ4n) is 3.68. The number of rotatable bonds is 4. The first-order chi connectivity index (χ1) is 14.5. The summed E-state index contributed by atoms with van der Waals surface area (Å²) in [7, 11) is 1.53. The largest absolute Gasteiger partial charge is 0.507 e. The van der Waals surface area contributed by atoms with Gasteiger partial charge in [0.25, 0.3) is 11.7 Å². The zero-order valence-corrected chi connectivity index (χ0v) is 16.7. The van der Waals surface area contributed by atoms with Crippen molar-refractivity contribution in [3.8, 4) is 5.75 Å². The number of amides is 1. The number of Topliss-reactive ketones (excluding diaryl/α,β-unsaturated/α-hetero) is 1. The van der Waals surface area contributed by atoms with Crippen molar-refractivity contribution in [2.75, 3.05) is 12.0 Å². The number of ether oxygens (including phenoxy) is 1. The van der Waals surface area contributed by atoms with E-state index in [9.17, 15) is 14.7 Å². The van der Waals surface area contributed by atoms with E-state index in [1.54, 1.807) is 24.3 Å². The minimum absolute atomic E-state index is 0.0556. The van der Waals surface area contributed by atoms with Gasteiger partial charge < -0.3 is 9.84 Å². The second kappa shape index (κ2) is 7.87. The number of carbonyl (C=O) groups is 2. The molecule has 0 aromatic heterocycles. The molecule has 5 heteroatoms. The van der Waals surface area contributed by atoms with E-state index in [4.69, 9.17) is 4.74 Å². The molecule has 0 radical (unpaired) electrons. The van der Waals surface area contributed by atoms with E-state index < -0.39 is 17.7 Å². The van der Waals surface area contributed by atoms with Crippen molar-refractivity contribution < 1.29 is 19.4 Å². The molecule has 1 fully saturated rings. The highest BCUT2D eigenvalue weighted by atomic mass is 16.5. The molecule has 5 nitrogen and oxygen atoms in total. The van der Waals surface area contributed by atoms with Crippen molar-refractivity contribution in [3.05, 3.63) is 101 Å². The summed E-state index contributed by atoms with van der Waals surface area (Å²) in [6.07, 6.45) is 0. The number of carbonyl (C=O) groups excluding carboxylic acids is 2. The number of hydrogen-bond acceptors (Lipinski definition) is 4. The predicted molar refractivity (Wildman–Crippen MR) is 115 cm³/mol. The lowest BCUT2D eigenvalue weighted by Crippen LogP contribution is -2.29. The molecular formula is C25H21NO4. The van der Waals surface area contributed by atoms with E-state index in [2.05, 4.69) is 0 Å². The molecule has 0 saturated carbocycles. The van der Waals surface area contributed by atoms with Gasteiger partial charge in [0.2, 0.25) is 0 Å². The second-order valence-electron chi connectivity index (χ2n) is 7.15. The van der Waals surface area contributed by atoms with Gasteiger partial charge in [-0.25, -0.2) is 0 Å². The van der Waals surface area contributed by atoms with Gasteiger partial charge in [0, 0.05) is 11.3 Å². The molecule has 30 heavy (non-hydrogen) atoms. The minimum atomic E-state index is -0.736. The zero-order chi connectivity index (χ0) is 21.3. The van der Waals surface area contributed by atoms with Gasteiger partial charge in [-0.3, -0.25) is 14.5 Å². The molecule has 150 valence electrons. The molecule has 1 atom stereocenters. The number of ketones is 1. The summed E-state index contributed by atoms with van der Waals surface area (Å²) >= 11 is 0. The molecule has 0 aliphatic carbocycles. The zero-order valence-electron chi connectivity index (χ0n) is 16.7. The smallest absolute Gasteiger partial charge is 0.300 e. The number of nitrogens with zero attached hydrogens (tertiary/aromatic N) is 1. The van der Waals surface area contributed by atoms with Crippen LogP contribution in [0.3, 0.4) is 0 Å². The van der Waals surface area contributed by atoms with Crippen molar-refractivity contribution in [1.29, 1.82) is 0 Å². The summed E-state index contributed by atoms with van der Waals surface area (Å²) in [5.41, 5.74) is 2.85. The third-order valence-corrected chi connectivity index (χ3v) is 5.22. The van der Waals surface area contributed by atoms with Crippen molar-refractivity contribution in [3.63, 3.8) is 0 Å².